The second kappa shape index (κ2) is 10.5. The fraction of sp³-hybridized carbons (Fsp3) is 0.474. The number of nitrogens with one attached hydrogen (secondary N) is 3. The number of nitrogens with zero attached hydrogens (tertiary/aromatic N) is 3. The van der Waals surface area contributed by atoms with E-state index in [0.29, 0.717) is 0 Å². The van der Waals surface area contributed by atoms with E-state index in [2.05, 4.69) is 71.9 Å². The van der Waals surface area contributed by atoms with E-state index < -0.39 is 0 Å². The molecule has 0 fully saturated rings. The highest BCUT2D eigenvalue weighted by Gasteiger charge is 2.10. The molecule has 1 unspecified atom stereocenters. The summed E-state index contributed by atoms with van der Waals surface area (Å²) in [7, 11) is 1.79. The van der Waals surface area contributed by atoms with Gasteiger partial charge in [0.25, 0.3) is 0 Å². The SMILES string of the molecule is CN=C(NCCNC(C)(C)C)NC(C)c1cccc(-n2cccn2)c1.I. The first-order valence-electron chi connectivity index (χ1n) is 8.71. The van der Waals surface area contributed by atoms with Crippen LogP contribution >= 0.6 is 24.0 Å². The van der Waals surface area contributed by atoms with Crippen molar-refractivity contribution in [3.63, 3.8) is 0 Å². The van der Waals surface area contributed by atoms with Crippen molar-refractivity contribution in [2.24, 2.45) is 4.99 Å². The summed E-state index contributed by atoms with van der Waals surface area (Å²) in [6.07, 6.45) is 3.73. The van der Waals surface area contributed by atoms with Crippen LogP contribution in [-0.2, 0) is 0 Å². The Balaban J connectivity index is 0.00000338. The largest absolute Gasteiger partial charge is 0.355 e. The molecule has 7 heteroatoms. The van der Waals surface area contributed by atoms with Crippen molar-refractivity contribution in [1.29, 1.82) is 0 Å². The molecule has 0 radical (unpaired) electrons. The van der Waals surface area contributed by atoms with Gasteiger partial charge in [-0.1, -0.05) is 12.1 Å². The highest BCUT2D eigenvalue weighted by molar-refractivity contribution is 14.0. The van der Waals surface area contributed by atoms with Crippen LogP contribution in [0.2, 0.25) is 0 Å². The lowest BCUT2D eigenvalue weighted by atomic mass is 10.1. The Morgan fingerprint density at radius 3 is 2.62 bits per heavy atom. The first-order valence-corrected chi connectivity index (χ1v) is 8.71. The average Bonchev–Trinajstić information content (AvgIpc) is 3.11. The quantitative estimate of drug-likeness (QED) is 0.263. The molecular weight excluding hydrogens is 439 g/mol. The minimum Gasteiger partial charge on any atom is -0.355 e. The third-order valence-corrected chi connectivity index (χ3v) is 3.79. The van der Waals surface area contributed by atoms with Crippen LogP contribution in [0.1, 0.15) is 39.3 Å². The number of benzene rings is 1. The summed E-state index contributed by atoms with van der Waals surface area (Å²) < 4.78 is 1.86. The first-order chi connectivity index (χ1) is 11.9. The summed E-state index contributed by atoms with van der Waals surface area (Å²) in [5.41, 5.74) is 2.36. The molecule has 3 N–H and O–H groups in total. The van der Waals surface area contributed by atoms with Gasteiger partial charge in [-0.05, 0) is 51.5 Å². The minimum atomic E-state index is 0. The molecule has 1 aromatic heterocycles. The standard InChI is InChI=1S/C19H30N6.HI/c1-15(24-18(20-5)21-11-12-22-19(2,3)4)16-8-6-9-17(14-16)25-13-7-10-23-25;/h6-10,13-15,22H,11-12H2,1-5H3,(H2,20,21,24);1H. The van der Waals surface area contributed by atoms with Crippen molar-refractivity contribution in [3.05, 3.63) is 48.3 Å². The third-order valence-electron chi connectivity index (χ3n) is 3.79. The van der Waals surface area contributed by atoms with Crippen LogP contribution in [0.5, 0.6) is 0 Å². The molecule has 0 aliphatic rings. The van der Waals surface area contributed by atoms with E-state index in [1.807, 2.05) is 23.0 Å². The van der Waals surface area contributed by atoms with Gasteiger partial charge in [0.05, 0.1) is 11.7 Å². The Bertz CT molecular complexity index is 676. The Labute approximate surface area is 173 Å². The number of halogens is 1. The maximum absolute atomic E-state index is 4.31. The van der Waals surface area contributed by atoms with Gasteiger partial charge in [0.15, 0.2) is 5.96 Å². The van der Waals surface area contributed by atoms with Crippen LogP contribution in [0.15, 0.2) is 47.7 Å². The molecule has 1 heterocycles. The van der Waals surface area contributed by atoms with Crippen LogP contribution in [0, 0.1) is 0 Å². The molecule has 1 aromatic carbocycles. The predicted octanol–water partition coefficient (Wildman–Crippen LogP) is 3.10. The number of aromatic nitrogens is 2. The fourth-order valence-corrected chi connectivity index (χ4v) is 2.46. The molecule has 0 saturated heterocycles. The van der Waals surface area contributed by atoms with E-state index in [1.165, 1.54) is 5.56 Å². The van der Waals surface area contributed by atoms with Crippen LogP contribution in [0.25, 0.3) is 5.69 Å². The summed E-state index contributed by atoms with van der Waals surface area (Å²) in [6.45, 7) is 10.3. The number of aliphatic imine (C=N–C) groups is 1. The molecule has 0 aliphatic carbocycles. The monoisotopic (exact) mass is 470 g/mol. The molecule has 0 saturated carbocycles. The van der Waals surface area contributed by atoms with E-state index in [-0.39, 0.29) is 35.6 Å². The molecule has 26 heavy (non-hydrogen) atoms. The molecule has 1 atom stereocenters. The van der Waals surface area contributed by atoms with E-state index in [9.17, 15) is 0 Å². The van der Waals surface area contributed by atoms with Gasteiger partial charge in [-0.25, -0.2) is 4.68 Å². The van der Waals surface area contributed by atoms with Crippen LogP contribution < -0.4 is 16.0 Å². The van der Waals surface area contributed by atoms with Gasteiger partial charge in [-0.15, -0.1) is 24.0 Å². The van der Waals surface area contributed by atoms with Crippen molar-refractivity contribution >= 4 is 29.9 Å². The van der Waals surface area contributed by atoms with E-state index >= 15 is 0 Å². The topological polar surface area (TPSA) is 66.3 Å². The zero-order valence-corrected chi connectivity index (χ0v) is 18.6. The van der Waals surface area contributed by atoms with Gasteiger partial charge < -0.3 is 16.0 Å². The van der Waals surface area contributed by atoms with Gasteiger partial charge in [0.2, 0.25) is 0 Å². The van der Waals surface area contributed by atoms with Gasteiger partial charge in [0.1, 0.15) is 0 Å². The molecule has 144 valence electrons. The molecule has 0 aliphatic heterocycles. The van der Waals surface area contributed by atoms with Crippen molar-refractivity contribution in [2.45, 2.75) is 39.3 Å². The van der Waals surface area contributed by atoms with Crippen molar-refractivity contribution in [2.75, 3.05) is 20.1 Å². The lowest BCUT2D eigenvalue weighted by Gasteiger charge is -2.22. The van der Waals surface area contributed by atoms with Crippen LogP contribution in [0.3, 0.4) is 0 Å². The second-order valence-corrected chi connectivity index (χ2v) is 7.09. The molecule has 0 spiro atoms. The normalized spacial score (nSPS) is 13.0. The highest BCUT2D eigenvalue weighted by Crippen LogP contribution is 2.16. The molecule has 2 aromatic rings. The number of guanidine groups is 1. The van der Waals surface area contributed by atoms with Gasteiger partial charge in [0, 0.05) is 38.1 Å². The fourth-order valence-electron chi connectivity index (χ4n) is 2.46. The maximum atomic E-state index is 4.31. The number of rotatable bonds is 6. The Morgan fingerprint density at radius 1 is 1.23 bits per heavy atom. The summed E-state index contributed by atoms with van der Waals surface area (Å²) in [5, 5.41) is 14.5. The van der Waals surface area contributed by atoms with Gasteiger partial charge in [-0.3, -0.25) is 4.99 Å². The summed E-state index contributed by atoms with van der Waals surface area (Å²) in [4.78, 5) is 4.31. The summed E-state index contributed by atoms with van der Waals surface area (Å²) >= 11 is 0. The Hall–Kier alpha value is -1.61. The Morgan fingerprint density at radius 2 is 2.00 bits per heavy atom. The van der Waals surface area contributed by atoms with E-state index in [4.69, 9.17) is 0 Å². The second-order valence-electron chi connectivity index (χ2n) is 7.09. The highest BCUT2D eigenvalue weighted by atomic mass is 127. The average molecular weight is 470 g/mol. The van der Waals surface area contributed by atoms with E-state index in [0.717, 1.165) is 24.7 Å². The molecule has 2 rings (SSSR count). The lowest BCUT2D eigenvalue weighted by molar-refractivity contribution is 0.428. The zero-order valence-electron chi connectivity index (χ0n) is 16.3. The van der Waals surface area contributed by atoms with E-state index in [1.54, 1.807) is 13.2 Å². The molecule has 0 bridgehead atoms. The Kier molecular flexibility index (Phi) is 9.07. The van der Waals surface area contributed by atoms with Crippen LogP contribution in [0.4, 0.5) is 0 Å². The number of hydrogen-bond donors (Lipinski definition) is 3. The third kappa shape index (κ3) is 7.33. The lowest BCUT2D eigenvalue weighted by Crippen LogP contribution is -2.45. The van der Waals surface area contributed by atoms with Crippen molar-refractivity contribution in [3.8, 4) is 5.69 Å². The van der Waals surface area contributed by atoms with Crippen LogP contribution in [-0.4, -0.2) is 41.4 Å². The molecule has 0 amide bonds. The number of hydrogen-bond acceptors (Lipinski definition) is 3. The smallest absolute Gasteiger partial charge is 0.191 e. The van der Waals surface area contributed by atoms with Crippen molar-refractivity contribution < 1.29 is 0 Å². The molecule has 6 nitrogen and oxygen atoms in total. The first kappa shape index (κ1) is 22.4. The summed E-state index contributed by atoms with van der Waals surface area (Å²) in [6, 6.07) is 10.4. The summed E-state index contributed by atoms with van der Waals surface area (Å²) in [5.74, 6) is 0.799. The van der Waals surface area contributed by atoms with Gasteiger partial charge in [-0.2, -0.15) is 5.10 Å². The predicted molar refractivity (Wildman–Crippen MR) is 120 cm³/mol. The minimum absolute atomic E-state index is 0. The molecular formula is C19H31IN6. The maximum Gasteiger partial charge on any atom is 0.191 e. The zero-order chi connectivity index (χ0) is 18.3. The van der Waals surface area contributed by atoms with Crippen molar-refractivity contribution in [1.82, 2.24) is 25.7 Å². The van der Waals surface area contributed by atoms with Gasteiger partial charge >= 0.3 is 0 Å².